The van der Waals surface area contributed by atoms with E-state index in [0.29, 0.717) is 19.4 Å². The van der Waals surface area contributed by atoms with Crippen molar-refractivity contribution in [2.45, 2.75) is 194 Å². The molecule has 1 atom stereocenters. The molecule has 0 saturated heterocycles. The summed E-state index contributed by atoms with van der Waals surface area (Å²) in [4.78, 5) is 25.4. The van der Waals surface area contributed by atoms with Crippen molar-refractivity contribution in [1.82, 2.24) is 5.32 Å². The molecule has 0 saturated carbocycles. The fraction of sp³-hybridized carbons (Fsp3) is 0.946. The van der Waals surface area contributed by atoms with E-state index >= 15 is 0 Å². The number of unbranched alkanes of at least 4 members (excludes halogenated alkanes) is 23. The number of carbonyl (C=O) groups excluding carboxylic acids is 2. The van der Waals surface area contributed by atoms with Crippen molar-refractivity contribution < 1.29 is 31.6 Å². The Kier molecular flexibility index (Phi) is 38.5. The molecule has 1 unspecified atom stereocenters. The quantitative estimate of drug-likeness (QED) is 0.0511. The second kappa shape index (κ2) is 37.4. The number of halogens is 1. The van der Waals surface area contributed by atoms with Crippen LogP contribution in [0, 0.1) is 0 Å². The molecule has 0 fully saturated rings. The summed E-state index contributed by atoms with van der Waals surface area (Å²) >= 11 is 0. The van der Waals surface area contributed by atoms with Crippen molar-refractivity contribution >= 4 is 11.9 Å². The van der Waals surface area contributed by atoms with E-state index in [1.165, 1.54) is 146 Å². The first kappa shape index (κ1) is 44.3. The van der Waals surface area contributed by atoms with Crippen LogP contribution in [0.15, 0.2) is 0 Å². The molecule has 257 valence electrons. The Morgan fingerprint density at radius 2 is 0.953 bits per heavy atom. The molecule has 0 aromatic rings. The van der Waals surface area contributed by atoms with Crippen LogP contribution in [0.4, 0.5) is 0 Å². The van der Waals surface area contributed by atoms with Crippen molar-refractivity contribution in [3.05, 3.63) is 0 Å². The number of amides is 1. The van der Waals surface area contributed by atoms with E-state index < -0.39 is 0 Å². The molecule has 0 rings (SSSR count). The molecule has 0 bridgehead atoms. The summed E-state index contributed by atoms with van der Waals surface area (Å²) in [7, 11) is 2.12. The minimum Gasteiger partial charge on any atom is -1.00 e. The number of ether oxygens (including phenoxy) is 1. The molecule has 0 spiro atoms. The summed E-state index contributed by atoms with van der Waals surface area (Å²) in [6, 6.07) is 0. The van der Waals surface area contributed by atoms with Gasteiger partial charge in [0.1, 0.15) is 13.0 Å². The zero-order valence-corrected chi connectivity index (χ0v) is 30.0. The van der Waals surface area contributed by atoms with E-state index in [2.05, 4.69) is 26.2 Å². The maximum atomic E-state index is 12.1. The van der Waals surface area contributed by atoms with Gasteiger partial charge in [-0.25, -0.2) is 0 Å². The van der Waals surface area contributed by atoms with Gasteiger partial charge in [0.05, 0.1) is 13.6 Å². The van der Waals surface area contributed by atoms with Gasteiger partial charge in [-0.05, 0) is 12.8 Å². The minimum absolute atomic E-state index is 0. The Morgan fingerprint density at radius 1 is 0.558 bits per heavy atom. The molecule has 0 aliphatic carbocycles. The van der Waals surface area contributed by atoms with Crippen LogP contribution < -0.4 is 22.6 Å². The highest BCUT2D eigenvalue weighted by molar-refractivity contribution is 5.75. The van der Waals surface area contributed by atoms with Crippen LogP contribution in [0.25, 0.3) is 0 Å². The topological polar surface area (TPSA) is 62.7 Å². The van der Waals surface area contributed by atoms with Crippen LogP contribution in [-0.4, -0.2) is 45.2 Å². The van der Waals surface area contributed by atoms with Crippen molar-refractivity contribution in [1.29, 1.82) is 0 Å². The number of likely N-dealkylation sites (N-methyl/N-ethyl adjacent to an activating group) is 1. The van der Waals surface area contributed by atoms with Gasteiger partial charge in [0.25, 0.3) is 0 Å². The van der Waals surface area contributed by atoms with Crippen molar-refractivity contribution in [2.24, 2.45) is 0 Å². The molecule has 2 N–H and O–H groups in total. The number of nitrogens with one attached hydrogen (secondary N) is 2. The van der Waals surface area contributed by atoms with Gasteiger partial charge in [0.15, 0.2) is 0 Å². The van der Waals surface area contributed by atoms with Crippen LogP contribution >= 0.6 is 0 Å². The SMILES string of the molecule is CCCCCCCCCCCCCCCCNC(=O)CCC[NH+](C)CCOC(=[O+])CCCCCCCCCCCCC.[Cl-]. The number of esters is 1. The first-order valence-corrected chi connectivity index (χ1v) is 18.8. The van der Waals surface area contributed by atoms with Crippen LogP contribution in [0.2, 0.25) is 0 Å². The Labute approximate surface area is 275 Å². The fourth-order valence-electron chi connectivity index (χ4n) is 5.66. The van der Waals surface area contributed by atoms with Crippen molar-refractivity contribution in [3.8, 4) is 0 Å². The van der Waals surface area contributed by atoms with E-state index in [4.69, 9.17) is 4.74 Å². The number of hydrogen-bond donors (Lipinski definition) is 2. The molecular formula is C37H75ClN2O3+. The summed E-state index contributed by atoms with van der Waals surface area (Å²) in [5.41, 5.74) is 0. The maximum Gasteiger partial charge on any atom is 0.574 e. The molecule has 0 heterocycles. The van der Waals surface area contributed by atoms with E-state index in [-0.39, 0.29) is 24.3 Å². The summed E-state index contributed by atoms with van der Waals surface area (Å²) in [5, 5.41) is 3.09. The van der Waals surface area contributed by atoms with E-state index in [1.54, 1.807) is 0 Å². The van der Waals surface area contributed by atoms with E-state index in [1.807, 2.05) is 0 Å². The Morgan fingerprint density at radius 3 is 1.40 bits per heavy atom. The van der Waals surface area contributed by atoms with Crippen LogP contribution in [0.3, 0.4) is 0 Å². The third-order valence-electron chi connectivity index (χ3n) is 8.64. The Bertz CT molecular complexity index is 576. The number of carbonyl (C=O) groups is 2. The predicted octanol–water partition coefficient (Wildman–Crippen LogP) is 6.13. The van der Waals surface area contributed by atoms with E-state index in [9.17, 15) is 9.59 Å². The second-order valence-electron chi connectivity index (χ2n) is 13.0. The van der Waals surface area contributed by atoms with Crippen LogP contribution in [0.5, 0.6) is 0 Å². The van der Waals surface area contributed by atoms with Crippen LogP contribution in [0.1, 0.15) is 194 Å². The molecule has 0 aliphatic heterocycles. The summed E-state index contributed by atoms with van der Waals surface area (Å²) in [5.74, 6) is 0.123. The van der Waals surface area contributed by atoms with Crippen molar-refractivity contribution in [3.63, 3.8) is 0 Å². The standard InChI is InChI=1S/C37H74N2O3.ClH/c1-4-6-8-10-12-14-16-17-18-20-22-24-26-28-32-38-36(40)30-29-33-39(3)34-35-42-37(41)31-27-25-23-21-19-15-13-11-9-7-5-2;/h4-35H2,1-3H3,(H,38,40);1H/q+1;. The largest absolute Gasteiger partial charge is 1.00 e. The third kappa shape index (κ3) is 37.3. The summed E-state index contributed by atoms with van der Waals surface area (Å²) in [6.45, 7) is 7.58. The van der Waals surface area contributed by atoms with Gasteiger partial charge in [-0.1, -0.05) is 162 Å². The molecule has 0 aromatic carbocycles. The molecule has 5 nitrogen and oxygen atoms in total. The van der Waals surface area contributed by atoms with Gasteiger partial charge in [0, 0.05) is 24.2 Å². The number of quaternary nitrogens is 1. The number of rotatable bonds is 34. The maximum absolute atomic E-state index is 12.1. The average Bonchev–Trinajstić information content (AvgIpc) is 2.98. The lowest BCUT2D eigenvalue weighted by atomic mass is 10.0. The summed E-state index contributed by atoms with van der Waals surface area (Å²) < 4.78 is 5.43. The van der Waals surface area contributed by atoms with Gasteiger partial charge in [-0.3, -0.25) is 4.79 Å². The Balaban J connectivity index is 0. The molecule has 6 heteroatoms. The summed E-state index contributed by atoms with van der Waals surface area (Å²) in [6.07, 6.45) is 35.2. The fourth-order valence-corrected chi connectivity index (χ4v) is 5.66. The Hall–Kier alpha value is -0.810. The van der Waals surface area contributed by atoms with Gasteiger partial charge in [-0.15, -0.1) is 0 Å². The third-order valence-corrected chi connectivity index (χ3v) is 8.64. The van der Waals surface area contributed by atoms with Crippen molar-refractivity contribution in [2.75, 3.05) is 33.3 Å². The van der Waals surface area contributed by atoms with Crippen LogP contribution in [-0.2, 0) is 14.3 Å². The normalized spacial score (nSPS) is 11.7. The highest BCUT2D eigenvalue weighted by Crippen LogP contribution is 2.13. The van der Waals surface area contributed by atoms with Gasteiger partial charge in [0.2, 0.25) is 12.5 Å². The minimum atomic E-state index is -0.0541. The highest BCUT2D eigenvalue weighted by Gasteiger charge is 2.17. The lowest BCUT2D eigenvalue weighted by molar-refractivity contribution is -0.880. The van der Waals surface area contributed by atoms with Gasteiger partial charge in [-0.2, -0.15) is 0 Å². The lowest BCUT2D eigenvalue weighted by Crippen LogP contribution is -3.09. The monoisotopic (exact) mass is 631 g/mol. The smallest absolute Gasteiger partial charge is 0.574 e. The second-order valence-corrected chi connectivity index (χ2v) is 13.0. The zero-order valence-electron chi connectivity index (χ0n) is 29.2. The average molecular weight is 631 g/mol. The molecule has 0 aromatic heterocycles. The van der Waals surface area contributed by atoms with Gasteiger partial charge < -0.3 is 27.4 Å². The predicted molar refractivity (Wildman–Crippen MR) is 181 cm³/mol. The van der Waals surface area contributed by atoms with Gasteiger partial charge >= 0.3 is 5.97 Å². The lowest BCUT2D eigenvalue weighted by Gasteiger charge is -2.11. The molecular weight excluding hydrogens is 556 g/mol. The molecule has 1 radical (unpaired) electrons. The van der Waals surface area contributed by atoms with E-state index in [0.717, 1.165) is 45.3 Å². The number of hydrogen-bond acceptors (Lipinski definition) is 3. The molecule has 1 amide bonds. The molecule has 43 heavy (non-hydrogen) atoms. The molecule has 0 aliphatic rings. The zero-order chi connectivity index (χ0) is 30.8. The first-order chi connectivity index (χ1) is 20.6. The highest BCUT2D eigenvalue weighted by atomic mass is 35.5. The first-order valence-electron chi connectivity index (χ1n) is 18.8.